The van der Waals surface area contributed by atoms with Crippen molar-refractivity contribution in [1.82, 2.24) is 5.32 Å². The van der Waals surface area contributed by atoms with Crippen LogP contribution < -0.4 is 10.1 Å². The van der Waals surface area contributed by atoms with E-state index >= 15 is 0 Å². The van der Waals surface area contributed by atoms with Gasteiger partial charge in [0, 0.05) is 13.2 Å². The van der Waals surface area contributed by atoms with Gasteiger partial charge in [-0.3, -0.25) is 0 Å². The van der Waals surface area contributed by atoms with E-state index in [4.69, 9.17) is 9.47 Å². The van der Waals surface area contributed by atoms with E-state index in [9.17, 15) is 0 Å². The summed E-state index contributed by atoms with van der Waals surface area (Å²) in [6, 6.07) is 17.8. The lowest BCUT2D eigenvalue weighted by Crippen LogP contribution is -2.37. The summed E-state index contributed by atoms with van der Waals surface area (Å²) < 4.78 is 11.0. The van der Waals surface area contributed by atoms with E-state index in [0.29, 0.717) is 18.1 Å². The molecule has 1 N–H and O–H groups in total. The summed E-state index contributed by atoms with van der Waals surface area (Å²) in [6.45, 7) is 3.34. The Bertz CT molecular complexity index is 681. The van der Waals surface area contributed by atoms with Gasteiger partial charge in [-0.25, -0.2) is 0 Å². The molecule has 1 aliphatic rings. The van der Waals surface area contributed by atoms with Crippen molar-refractivity contribution >= 4 is 0 Å². The number of ether oxygens (including phenoxy) is 2. The van der Waals surface area contributed by atoms with Crippen LogP contribution in [0.5, 0.6) is 5.75 Å². The second-order valence-corrected chi connectivity index (χ2v) is 7.66. The van der Waals surface area contributed by atoms with Crippen LogP contribution >= 0.6 is 0 Å². The van der Waals surface area contributed by atoms with Crippen molar-refractivity contribution in [2.24, 2.45) is 5.92 Å². The first-order chi connectivity index (χ1) is 13.2. The second kappa shape index (κ2) is 9.91. The van der Waals surface area contributed by atoms with Crippen molar-refractivity contribution < 1.29 is 9.47 Å². The average Bonchev–Trinajstić information content (AvgIpc) is 3.10. The number of nitrogens with one attached hydrogen (secondary N) is 1. The summed E-state index contributed by atoms with van der Waals surface area (Å²) >= 11 is 0. The molecule has 27 heavy (non-hydrogen) atoms. The fourth-order valence-corrected chi connectivity index (χ4v) is 4.16. The highest BCUT2D eigenvalue weighted by Gasteiger charge is 2.33. The van der Waals surface area contributed by atoms with Crippen molar-refractivity contribution in [2.45, 2.75) is 51.2 Å². The summed E-state index contributed by atoms with van der Waals surface area (Å²) in [5.41, 5.74) is 3.89. The fraction of sp³-hybridized carbons (Fsp3) is 0.500. The highest BCUT2D eigenvalue weighted by molar-refractivity contribution is 5.64. The predicted molar refractivity (Wildman–Crippen MR) is 112 cm³/mol. The lowest BCUT2D eigenvalue weighted by atomic mass is 9.96. The zero-order valence-corrected chi connectivity index (χ0v) is 16.9. The van der Waals surface area contributed by atoms with Gasteiger partial charge < -0.3 is 14.8 Å². The minimum atomic E-state index is 0.352. The largest absolute Gasteiger partial charge is 0.497 e. The molecule has 0 bridgehead atoms. The van der Waals surface area contributed by atoms with Gasteiger partial charge in [-0.1, -0.05) is 49.7 Å². The van der Waals surface area contributed by atoms with E-state index in [1.807, 2.05) is 19.2 Å². The Balaban J connectivity index is 1.57. The summed E-state index contributed by atoms with van der Waals surface area (Å²) in [4.78, 5) is 0. The molecule has 2 aromatic carbocycles. The highest BCUT2D eigenvalue weighted by atomic mass is 16.5. The molecule has 2 aromatic rings. The Kier molecular flexibility index (Phi) is 7.31. The van der Waals surface area contributed by atoms with E-state index in [1.54, 1.807) is 7.11 Å². The third-order valence-electron chi connectivity index (χ3n) is 5.74. The van der Waals surface area contributed by atoms with Gasteiger partial charge >= 0.3 is 0 Å². The summed E-state index contributed by atoms with van der Waals surface area (Å²) in [6.07, 6.45) is 6.33. The molecule has 1 fully saturated rings. The number of hydrogen-bond acceptors (Lipinski definition) is 3. The SMILES string of the molecule is CCCCN[C@H]1C[C@@H](Cc2ccc(-c3ccc(OC)cc3)cc2)C[C@H]1OC. The Morgan fingerprint density at radius 1 is 0.926 bits per heavy atom. The number of hydrogen-bond donors (Lipinski definition) is 1. The second-order valence-electron chi connectivity index (χ2n) is 7.66. The number of unbranched alkanes of at least 4 members (excludes halogenated alkanes) is 1. The van der Waals surface area contributed by atoms with Crippen LogP contribution in [0.1, 0.15) is 38.2 Å². The van der Waals surface area contributed by atoms with Gasteiger partial charge in [0.05, 0.1) is 13.2 Å². The van der Waals surface area contributed by atoms with Crippen LogP contribution in [0.15, 0.2) is 48.5 Å². The maximum absolute atomic E-state index is 5.75. The molecule has 0 heterocycles. The van der Waals surface area contributed by atoms with Crippen molar-refractivity contribution in [3.05, 3.63) is 54.1 Å². The molecule has 1 saturated carbocycles. The van der Waals surface area contributed by atoms with Crippen LogP contribution in [-0.4, -0.2) is 32.9 Å². The monoisotopic (exact) mass is 367 g/mol. The summed E-state index contributed by atoms with van der Waals surface area (Å²) in [7, 11) is 3.55. The summed E-state index contributed by atoms with van der Waals surface area (Å²) in [5.74, 6) is 1.59. The molecular formula is C24H33NO2. The molecule has 3 rings (SSSR count). The lowest BCUT2D eigenvalue weighted by molar-refractivity contribution is 0.0831. The van der Waals surface area contributed by atoms with Gasteiger partial charge in [-0.15, -0.1) is 0 Å². The molecule has 3 nitrogen and oxygen atoms in total. The topological polar surface area (TPSA) is 30.5 Å². The Labute approximate surface area is 164 Å². The van der Waals surface area contributed by atoms with Gasteiger partial charge in [-0.05, 0) is 67.0 Å². The van der Waals surface area contributed by atoms with Gasteiger partial charge in [0.1, 0.15) is 5.75 Å². The molecule has 1 aliphatic carbocycles. The van der Waals surface area contributed by atoms with Crippen LogP contribution in [0.3, 0.4) is 0 Å². The predicted octanol–water partition coefficient (Wildman–Crippen LogP) is 5.09. The molecule has 0 spiro atoms. The molecule has 146 valence electrons. The van der Waals surface area contributed by atoms with Crippen molar-refractivity contribution in [2.75, 3.05) is 20.8 Å². The third kappa shape index (κ3) is 5.33. The Morgan fingerprint density at radius 2 is 1.59 bits per heavy atom. The first-order valence-corrected chi connectivity index (χ1v) is 10.2. The normalized spacial score (nSPS) is 22.1. The quantitative estimate of drug-likeness (QED) is 0.626. The van der Waals surface area contributed by atoms with Crippen LogP contribution in [0, 0.1) is 5.92 Å². The standard InChI is InChI=1S/C24H33NO2/c1-4-5-14-25-23-16-19(17-24(23)27-3)15-18-6-8-20(9-7-18)21-10-12-22(26-2)13-11-21/h6-13,19,23-25H,4-5,14-17H2,1-3H3/t19-,23+,24-/m1/s1. The summed E-state index contributed by atoms with van der Waals surface area (Å²) in [5, 5.41) is 3.70. The molecule has 0 saturated heterocycles. The van der Waals surface area contributed by atoms with Crippen molar-refractivity contribution in [1.29, 1.82) is 0 Å². The molecule has 0 aromatic heterocycles. The van der Waals surface area contributed by atoms with E-state index in [-0.39, 0.29) is 0 Å². The zero-order valence-electron chi connectivity index (χ0n) is 16.9. The number of methoxy groups -OCH3 is 2. The molecule has 0 radical (unpaired) electrons. The first-order valence-electron chi connectivity index (χ1n) is 10.2. The van der Waals surface area contributed by atoms with E-state index in [2.05, 4.69) is 48.6 Å². The van der Waals surface area contributed by atoms with E-state index in [0.717, 1.165) is 25.1 Å². The van der Waals surface area contributed by atoms with E-state index in [1.165, 1.54) is 36.0 Å². The number of benzene rings is 2. The third-order valence-corrected chi connectivity index (χ3v) is 5.74. The van der Waals surface area contributed by atoms with Crippen molar-refractivity contribution in [3.8, 4) is 16.9 Å². The average molecular weight is 368 g/mol. The molecule has 3 heteroatoms. The van der Waals surface area contributed by atoms with Crippen LogP contribution in [0.25, 0.3) is 11.1 Å². The van der Waals surface area contributed by atoms with Gasteiger partial charge in [0.25, 0.3) is 0 Å². The van der Waals surface area contributed by atoms with Crippen LogP contribution in [-0.2, 0) is 11.2 Å². The van der Waals surface area contributed by atoms with Gasteiger partial charge in [0.15, 0.2) is 0 Å². The van der Waals surface area contributed by atoms with Gasteiger partial charge in [-0.2, -0.15) is 0 Å². The minimum Gasteiger partial charge on any atom is -0.497 e. The fourth-order valence-electron chi connectivity index (χ4n) is 4.16. The minimum absolute atomic E-state index is 0.352. The Hall–Kier alpha value is -1.84. The van der Waals surface area contributed by atoms with Crippen LogP contribution in [0.2, 0.25) is 0 Å². The number of rotatable bonds is 9. The van der Waals surface area contributed by atoms with Crippen LogP contribution in [0.4, 0.5) is 0 Å². The zero-order chi connectivity index (χ0) is 19.1. The Morgan fingerprint density at radius 3 is 2.19 bits per heavy atom. The molecule has 0 aliphatic heterocycles. The smallest absolute Gasteiger partial charge is 0.118 e. The van der Waals surface area contributed by atoms with Gasteiger partial charge in [0.2, 0.25) is 0 Å². The molecule has 0 amide bonds. The van der Waals surface area contributed by atoms with E-state index < -0.39 is 0 Å². The maximum atomic E-state index is 5.75. The molecule has 0 unspecified atom stereocenters. The molecule has 3 atom stereocenters. The lowest BCUT2D eigenvalue weighted by Gasteiger charge is -2.19. The maximum Gasteiger partial charge on any atom is 0.118 e. The first kappa shape index (κ1) is 19.9. The highest BCUT2D eigenvalue weighted by Crippen LogP contribution is 2.31. The molecular weight excluding hydrogens is 334 g/mol. The van der Waals surface area contributed by atoms with Crippen molar-refractivity contribution in [3.63, 3.8) is 0 Å².